The lowest BCUT2D eigenvalue weighted by atomic mass is 10.1. The number of carbonyl (C=O) groups is 1. The minimum absolute atomic E-state index is 0.0380. The van der Waals surface area contributed by atoms with Crippen LogP contribution in [-0.4, -0.2) is 5.78 Å². The summed E-state index contributed by atoms with van der Waals surface area (Å²) in [5, 5.41) is 2.00. The first kappa shape index (κ1) is 12.3. The number of rotatable bonds is 3. The molecule has 86 valence electrons. The SMILES string of the molecule is Cc1cccc(C(=O)/C=C/c2csc(Br)c2)c1. The Morgan fingerprint density at radius 1 is 1.35 bits per heavy atom. The van der Waals surface area contributed by atoms with Crippen LogP contribution in [0.5, 0.6) is 0 Å². The van der Waals surface area contributed by atoms with Crippen LogP contribution in [0.4, 0.5) is 0 Å². The highest BCUT2D eigenvalue weighted by Crippen LogP contribution is 2.21. The van der Waals surface area contributed by atoms with Gasteiger partial charge in [-0.3, -0.25) is 4.79 Å². The molecule has 0 aliphatic rings. The largest absolute Gasteiger partial charge is 0.289 e. The van der Waals surface area contributed by atoms with E-state index in [4.69, 9.17) is 0 Å². The van der Waals surface area contributed by atoms with Crippen molar-refractivity contribution in [2.75, 3.05) is 0 Å². The van der Waals surface area contributed by atoms with Crippen molar-refractivity contribution in [1.82, 2.24) is 0 Å². The lowest BCUT2D eigenvalue weighted by Gasteiger charge is -1.96. The van der Waals surface area contributed by atoms with Crippen LogP contribution >= 0.6 is 27.3 Å². The minimum Gasteiger partial charge on any atom is -0.289 e. The number of benzene rings is 1. The Bertz CT molecular complexity index is 569. The van der Waals surface area contributed by atoms with Crippen molar-refractivity contribution in [3.63, 3.8) is 0 Å². The van der Waals surface area contributed by atoms with Gasteiger partial charge in [0.05, 0.1) is 3.79 Å². The molecule has 2 aromatic rings. The molecule has 0 radical (unpaired) electrons. The molecule has 1 nitrogen and oxygen atoms in total. The molecule has 0 amide bonds. The zero-order valence-corrected chi connectivity index (χ0v) is 11.7. The molecule has 0 saturated carbocycles. The number of allylic oxidation sites excluding steroid dienone is 1. The van der Waals surface area contributed by atoms with Gasteiger partial charge in [-0.2, -0.15) is 0 Å². The molecular weight excluding hydrogens is 296 g/mol. The van der Waals surface area contributed by atoms with Crippen LogP contribution in [0.15, 0.2) is 45.6 Å². The lowest BCUT2D eigenvalue weighted by molar-refractivity contribution is 0.104. The number of ketones is 1. The number of carbonyl (C=O) groups excluding carboxylic acids is 1. The number of hydrogen-bond donors (Lipinski definition) is 0. The fraction of sp³-hybridized carbons (Fsp3) is 0.0714. The van der Waals surface area contributed by atoms with Gasteiger partial charge in [0, 0.05) is 5.56 Å². The van der Waals surface area contributed by atoms with E-state index in [2.05, 4.69) is 15.9 Å². The average molecular weight is 307 g/mol. The van der Waals surface area contributed by atoms with Crippen molar-refractivity contribution in [2.24, 2.45) is 0 Å². The van der Waals surface area contributed by atoms with Gasteiger partial charge in [0.15, 0.2) is 5.78 Å². The highest BCUT2D eigenvalue weighted by atomic mass is 79.9. The van der Waals surface area contributed by atoms with Crippen molar-refractivity contribution in [3.05, 3.63) is 62.3 Å². The van der Waals surface area contributed by atoms with Crippen LogP contribution in [0.25, 0.3) is 6.08 Å². The highest BCUT2D eigenvalue weighted by molar-refractivity contribution is 9.11. The van der Waals surface area contributed by atoms with Crippen LogP contribution in [0.1, 0.15) is 21.5 Å². The second kappa shape index (κ2) is 5.43. The summed E-state index contributed by atoms with van der Waals surface area (Å²) in [5.41, 5.74) is 2.88. The van der Waals surface area contributed by atoms with Crippen molar-refractivity contribution in [2.45, 2.75) is 6.92 Å². The molecule has 1 aromatic carbocycles. The predicted octanol–water partition coefficient (Wildman–Crippen LogP) is 4.72. The van der Waals surface area contributed by atoms with Crippen LogP contribution in [0, 0.1) is 6.92 Å². The van der Waals surface area contributed by atoms with E-state index in [1.807, 2.05) is 48.7 Å². The fourth-order valence-electron chi connectivity index (χ4n) is 1.48. The Hall–Kier alpha value is -1.19. The summed E-state index contributed by atoms with van der Waals surface area (Å²) < 4.78 is 1.07. The molecule has 1 heterocycles. The standard InChI is InChI=1S/C14H11BrOS/c1-10-3-2-4-12(7-10)13(16)6-5-11-8-14(15)17-9-11/h2-9H,1H3/b6-5+. The van der Waals surface area contributed by atoms with Crippen LogP contribution in [-0.2, 0) is 0 Å². The molecule has 0 bridgehead atoms. The normalized spacial score (nSPS) is 10.9. The summed E-state index contributed by atoms with van der Waals surface area (Å²) >= 11 is 5.00. The van der Waals surface area contributed by atoms with Gasteiger partial charge in [-0.25, -0.2) is 0 Å². The number of hydrogen-bond acceptors (Lipinski definition) is 2. The third-order valence-corrected chi connectivity index (χ3v) is 3.84. The Morgan fingerprint density at radius 3 is 2.82 bits per heavy atom. The maximum Gasteiger partial charge on any atom is 0.185 e. The number of thiophene rings is 1. The van der Waals surface area contributed by atoms with E-state index >= 15 is 0 Å². The zero-order chi connectivity index (χ0) is 12.3. The van der Waals surface area contributed by atoms with E-state index in [0.717, 1.165) is 20.5 Å². The van der Waals surface area contributed by atoms with Crippen molar-refractivity contribution >= 4 is 39.1 Å². The Balaban J connectivity index is 2.14. The molecule has 17 heavy (non-hydrogen) atoms. The van der Waals surface area contributed by atoms with Crippen LogP contribution in [0.2, 0.25) is 0 Å². The predicted molar refractivity (Wildman–Crippen MR) is 76.6 cm³/mol. The van der Waals surface area contributed by atoms with Gasteiger partial charge in [0.2, 0.25) is 0 Å². The molecule has 0 N–H and O–H groups in total. The Morgan fingerprint density at radius 2 is 2.18 bits per heavy atom. The van der Waals surface area contributed by atoms with E-state index in [1.54, 1.807) is 17.4 Å². The van der Waals surface area contributed by atoms with Gasteiger partial charge in [-0.05, 0) is 52.0 Å². The molecule has 0 spiro atoms. The van der Waals surface area contributed by atoms with E-state index in [0.29, 0.717) is 0 Å². The molecule has 0 fully saturated rings. The number of halogens is 1. The monoisotopic (exact) mass is 306 g/mol. The minimum atomic E-state index is 0.0380. The van der Waals surface area contributed by atoms with Crippen molar-refractivity contribution in [1.29, 1.82) is 0 Å². The quantitative estimate of drug-likeness (QED) is 0.592. The number of aryl methyl sites for hydroxylation is 1. The maximum atomic E-state index is 11.9. The van der Waals surface area contributed by atoms with Crippen LogP contribution in [0.3, 0.4) is 0 Å². The first-order chi connectivity index (χ1) is 8.15. The average Bonchev–Trinajstić information content (AvgIpc) is 2.72. The Labute approximate surface area is 113 Å². The smallest absolute Gasteiger partial charge is 0.185 e. The molecule has 1 aromatic heterocycles. The summed E-state index contributed by atoms with van der Waals surface area (Å²) in [4.78, 5) is 11.9. The van der Waals surface area contributed by atoms with Gasteiger partial charge < -0.3 is 0 Å². The van der Waals surface area contributed by atoms with E-state index in [-0.39, 0.29) is 5.78 Å². The van der Waals surface area contributed by atoms with Gasteiger partial charge in [-0.1, -0.05) is 29.8 Å². The second-order valence-corrected chi connectivity index (χ2v) is 6.04. The topological polar surface area (TPSA) is 17.1 Å². The maximum absolute atomic E-state index is 11.9. The summed E-state index contributed by atoms with van der Waals surface area (Å²) in [6.07, 6.45) is 3.45. The van der Waals surface area contributed by atoms with Crippen LogP contribution < -0.4 is 0 Å². The third-order valence-electron chi connectivity index (χ3n) is 2.32. The summed E-state index contributed by atoms with van der Waals surface area (Å²) in [7, 11) is 0. The van der Waals surface area contributed by atoms with E-state index in [1.165, 1.54) is 0 Å². The molecule has 0 aliphatic heterocycles. The molecule has 0 unspecified atom stereocenters. The second-order valence-electron chi connectivity index (χ2n) is 3.75. The zero-order valence-electron chi connectivity index (χ0n) is 9.31. The highest BCUT2D eigenvalue weighted by Gasteiger charge is 2.01. The molecule has 0 atom stereocenters. The summed E-state index contributed by atoms with van der Waals surface area (Å²) in [6.45, 7) is 1.98. The summed E-state index contributed by atoms with van der Waals surface area (Å²) in [6, 6.07) is 9.61. The first-order valence-corrected chi connectivity index (χ1v) is 6.85. The molecule has 3 heteroatoms. The van der Waals surface area contributed by atoms with Gasteiger partial charge in [0.1, 0.15) is 0 Å². The third kappa shape index (κ3) is 3.38. The first-order valence-electron chi connectivity index (χ1n) is 5.18. The molecule has 0 saturated heterocycles. The van der Waals surface area contributed by atoms with Crippen molar-refractivity contribution in [3.8, 4) is 0 Å². The van der Waals surface area contributed by atoms with Gasteiger partial charge in [-0.15, -0.1) is 11.3 Å². The molecular formula is C14H11BrOS. The van der Waals surface area contributed by atoms with E-state index in [9.17, 15) is 4.79 Å². The van der Waals surface area contributed by atoms with Crippen molar-refractivity contribution < 1.29 is 4.79 Å². The van der Waals surface area contributed by atoms with Gasteiger partial charge >= 0.3 is 0 Å². The Kier molecular flexibility index (Phi) is 3.92. The summed E-state index contributed by atoms with van der Waals surface area (Å²) in [5.74, 6) is 0.0380. The molecule has 2 rings (SSSR count). The van der Waals surface area contributed by atoms with E-state index < -0.39 is 0 Å². The lowest BCUT2D eigenvalue weighted by Crippen LogP contribution is -1.93. The fourth-order valence-corrected chi connectivity index (χ4v) is 2.62. The molecule has 0 aliphatic carbocycles. The van der Waals surface area contributed by atoms with Gasteiger partial charge in [0.25, 0.3) is 0 Å².